The lowest BCUT2D eigenvalue weighted by Crippen LogP contribution is -2.50. The van der Waals surface area contributed by atoms with E-state index in [4.69, 9.17) is 4.74 Å². The summed E-state index contributed by atoms with van der Waals surface area (Å²) in [6.45, 7) is 2.57. The van der Waals surface area contributed by atoms with Gasteiger partial charge in [0.25, 0.3) is 5.91 Å². The number of ether oxygens (including phenoxy) is 2. The normalized spacial score (nSPS) is 15.5. The molecule has 2 rings (SSSR count). The Kier molecular flexibility index (Phi) is 6.69. The van der Waals surface area contributed by atoms with Gasteiger partial charge in [-0.2, -0.15) is 8.78 Å². The Morgan fingerprint density at radius 3 is 2.36 bits per heavy atom. The first-order valence-corrected chi connectivity index (χ1v) is 8.11. The SMILES string of the molecule is CC(C)OC(=O)CN1CCN(C(=O)c2ccccc2OC(F)F)CC1. The molecule has 0 spiro atoms. The summed E-state index contributed by atoms with van der Waals surface area (Å²) in [5.41, 5.74) is 0.107. The number of nitrogens with zero attached hydrogens (tertiary/aromatic N) is 2. The number of halogens is 2. The highest BCUT2D eigenvalue weighted by Crippen LogP contribution is 2.22. The molecular weight excluding hydrogens is 334 g/mol. The summed E-state index contributed by atoms with van der Waals surface area (Å²) in [5, 5.41) is 0. The van der Waals surface area contributed by atoms with E-state index in [1.807, 2.05) is 4.90 Å². The van der Waals surface area contributed by atoms with E-state index in [-0.39, 0.29) is 35.8 Å². The first-order valence-electron chi connectivity index (χ1n) is 8.11. The van der Waals surface area contributed by atoms with E-state index in [2.05, 4.69) is 4.74 Å². The number of hydrogen-bond donors (Lipinski definition) is 0. The summed E-state index contributed by atoms with van der Waals surface area (Å²) < 4.78 is 34.5. The number of rotatable bonds is 6. The Balaban J connectivity index is 1.92. The predicted molar refractivity (Wildman–Crippen MR) is 86.6 cm³/mol. The number of benzene rings is 1. The molecular formula is C17H22F2N2O4. The van der Waals surface area contributed by atoms with Crippen LogP contribution in [0.3, 0.4) is 0 Å². The second-order valence-corrected chi connectivity index (χ2v) is 5.98. The van der Waals surface area contributed by atoms with Crippen LogP contribution in [0.25, 0.3) is 0 Å². The van der Waals surface area contributed by atoms with E-state index in [0.29, 0.717) is 26.2 Å². The molecule has 0 unspecified atom stereocenters. The van der Waals surface area contributed by atoms with Crippen molar-refractivity contribution in [1.29, 1.82) is 0 Å². The molecule has 0 atom stereocenters. The summed E-state index contributed by atoms with van der Waals surface area (Å²) in [5.74, 6) is -0.795. The van der Waals surface area contributed by atoms with E-state index in [0.717, 1.165) is 0 Å². The van der Waals surface area contributed by atoms with Crippen LogP contribution in [-0.2, 0) is 9.53 Å². The van der Waals surface area contributed by atoms with Gasteiger partial charge in [0, 0.05) is 26.2 Å². The van der Waals surface area contributed by atoms with E-state index >= 15 is 0 Å². The van der Waals surface area contributed by atoms with Crippen molar-refractivity contribution in [3.63, 3.8) is 0 Å². The Labute approximate surface area is 145 Å². The largest absolute Gasteiger partial charge is 0.462 e. The van der Waals surface area contributed by atoms with Gasteiger partial charge in [-0.15, -0.1) is 0 Å². The lowest BCUT2D eigenvalue weighted by atomic mass is 10.1. The molecule has 1 heterocycles. The van der Waals surface area contributed by atoms with Crippen molar-refractivity contribution in [3.05, 3.63) is 29.8 Å². The molecule has 1 amide bonds. The number of para-hydroxylation sites is 1. The summed E-state index contributed by atoms with van der Waals surface area (Å²) in [6, 6.07) is 5.94. The average molecular weight is 356 g/mol. The summed E-state index contributed by atoms with van der Waals surface area (Å²) in [6.07, 6.45) is -0.165. The number of carbonyl (C=O) groups excluding carboxylic acids is 2. The molecule has 138 valence electrons. The molecule has 6 nitrogen and oxygen atoms in total. The molecule has 0 bridgehead atoms. The topological polar surface area (TPSA) is 59.1 Å². The second kappa shape index (κ2) is 8.75. The van der Waals surface area contributed by atoms with Gasteiger partial charge in [0.1, 0.15) is 5.75 Å². The van der Waals surface area contributed by atoms with E-state index < -0.39 is 6.61 Å². The molecule has 8 heteroatoms. The van der Waals surface area contributed by atoms with E-state index in [9.17, 15) is 18.4 Å². The molecule has 0 radical (unpaired) electrons. The zero-order chi connectivity index (χ0) is 18.4. The zero-order valence-corrected chi connectivity index (χ0v) is 14.3. The second-order valence-electron chi connectivity index (χ2n) is 5.98. The molecule has 0 saturated carbocycles. The van der Waals surface area contributed by atoms with Crippen molar-refractivity contribution in [2.45, 2.75) is 26.6 Å². The van der Waals surface area contributed by atoms with E-state index in [1.165, 1.54) is 18.2 Å². The minimum atomic E-state index is -2.99. The average Bonchev–Trinajstić information content (AvgIpc) is 2.54. The maximum absolute atomic E-state index is 12.6. The monoisotopic (exact) mass is 356 g/mol. The van der Waals surface area contributed by atoms with Crippen LogP contribution in [0.2, 0.25) is 0 Å². The zero-order valence-electron chi connectivity index (χ0n) is 14.3. The highest BCUT2D eigenvalue weighted by Gasteiger charge is 2.26. The standard InChI is InChI=1S/C17H22F2N2O4/c1-12(2)24-15(22)11-20-7-9-21(10-8-20)16(23)13-5-3-4-6-14(13)25-17(18)19/h3-6,12,17H,7-11H2,1-2H3. The van der Waals surface area contributed by atoms with Gasteiger partial charge >= 0.3 is 12.6 Å². The molecule has 25 heavy (non-hydrogen) atoms. The van der Waals surface area contributed by atoms with Gasteiger partial charge in [-0.1, -0.05) is 12.1 Å². The fraction of sp³-hybridized carbons (Fsp3) is 0.529. The minimum absolute atomic E-state index is 0.107. The fourth-order valence-corrected chi connectivity index (χ4v) is 2.60. The van der Waals surface area contributed by atoms with Crippen molar-refractivity contribution in [3.8, 4) is 5.75 Å². The molecule has 1 aliphatic rings. The first-order chi connectivity index (χ1) is 11.9. The summed E-state index contributed by atoms with van der Waals surface area (Å²) >= 11 is 0. The van der Waals surface area contributed by atoms with Crippen molar-refractivity contribution >= 4 is 11.9 Å². The molecule has 0 aliphatic carbocycles. The first kappa shape index (κ1) is 19.1. The van der Waals surface area contributed by atoms with E-state index in [1.54, 1.807) is 24.8 Å². The van der Waals surface area contributed by atoms with Crippen LogP contribution in [0, 0.1) is 0 Å². The Morgan fingerprint density at radius 1 is 1.12 bits per heavy atom. The Hall–Kier alpha value is -2.22. The number of amides is 1. The quantitative estimate of drug-likeness (QED) is 0.730. The van der Waals surface area contributed by atoms with Crippen LogP contribution in [0.5, 0.6) is 5.75 Å². The molecule has 1 aromatic rings. The molecule has 1 fully saturated rings. The Bertz CT molecular complexity index is 602. The van der Waals surface area contributed by atoms with Gasteiger partial charge in [-0.3, -0.25) is 14.5 Å². The third-order valence-corrected chi connectivity index (χ3v) is 3.71. The van der Waals surface area contributed by atoms with Crippen LogP contribution in [0.4, 0.5) is 8.78 Å². The third kappa shape index (κ3) is 5.67. The number of esters is 1. The highest BCUT2D eigenvalue weighted by molar-refractivity contribution is 5.97. The third-order valence-electron chi connectivity index (χ3n) is 3.71. The lowest BCUT2D eigenvalue weighted by Gasteiger charge is -2.34. The van der Waals surface area contributed by atoms with Gasteiger partial charge < -0.3 is 14.4 Å². The van der Waals surface area contributed by atoms with Crippen LogP contribution in [0.1, 0.15) is 24.2 Å². The summed E-state index contributed by atoms with van der Waals surface area (Å²) in [7, 11) is 0. The van der Waals surface area contributed by atoms with Crippen molar-refractivity contribution in [1.82, 2.24) is 9.80 Å². The van der Waals surface area contributed by atoms with Gasteiger partial charge in [-0.25, -0.2) is 0 Å². The number of carbonyl (C=O) groups is 2. The fourth-order valence-electron chi connectivity index (χ4n) is 2.60. The number of alkyl halides is 2. The van der Waals surface area contributed by atoms with Crippen LogP contribution >= 0.6 is 0 Å². The molecule has 1 aliphatic heterocycles. The maximum atomic E-state index is 12.6. The summed E-state index contributed by atoms with van der Waals surface area (Å²) in [4.78, 5) is 27.7. The van der Waals surface area contributed by atoms with Crippen LogP contribution < -0.4 is 4.74 Å². The number of piperazine rings is 1. The van der Waals surface area contributed by atoms with Crippen molar-refractivity contribution < 1.29 is 27.8 Å². The minimum Gasteiger partial charge on any atom is -0.462 e. The van der Waals surface area contributed by atoms with Crippen molar-refractivity contribution in [2.24, 2.45) is 0 Å². The highest BCUT2D eigenvalue weighted by atomic mass is 19.3. The molecule has 0 aromatic heterocycles. The smallest absolute Gasteiger partial charge is 0.387 e. The van der Waals surface area contributed by atoms with Gasteiger partial charge in [-0.05, 0) is 26.0 Å². The van der Waals surface area contributed by atoms with Gasteiger partial charge in [0.2, 0.25) is 0 Å². The van der Waals surface area contributed by atoms with Crippen LogP contribution in [0.15, 0.2) is 24.3 Å². The molecule has 1 saturated heterocycles. The number of hydrogen-bond acceptors (Lipinski definition) is 5. The maximum Gasteiger partial charge on any atom is 0.387 e. The van der Waals surface area contributed by atoms with Gasteiger partial charge in [0.15, 0.2) is 0 Å². The van der Waals surface area contributed by atoms with Crippen LogP contribution in [-0.4, -0.2) is 67.1 Å². The van der Waals surface area contributed by atoms with Crippen molar-refractivity contribution in [2.75, 3.05) is 32.7 Å². The Morgan fingerprint density at radius 2 is 1.76 bits per heavy atom. The molecule has 1 aromatic carbocycles. The predicted octanol–water partition coefficient (Wildman–Crippen LogP) is 2.00. The molecule has 0 N–H and O–H groups in total. The van der Waals surface area contributed by atoms with Gasteiger partial charge in [0.05, 0.1) is 18.2 Å². The lowest BCUT2D eigenvalue weighted by molar-refractivity contribution is -0.149.